The number of para-hydroxylation sites is 1. The number of rotatable bonds is 0. The van der Waals surface area contributed by atoms with Gasteiger partial charge in [0.15, 0.2) is 0 Å². The zero-order valence-electron chi connectivity index (χ0n) is 6.73. The number of pyridine rings is 1. The quantitative estimate of drug-likeness (QED) is 0.616. The van der Waals surface area contributed by atoms with Crippen LogP contribution in [0.25, 0.3) is 10.9 Å². The Hall–Kier alpha value is -1.48. The number of nitriles is 1. The number of fused-ring (bicyclic) bond motifs is 1. The first-order valence-electron chi connectivity index (χ1n) is 3.80. The van der Waals surface area contributed by atoms with Crippen molar-refractivity contribution in [1.29, 1.82) is 5.26 Å². The summed E-state index contributed by atoms with van der Waals surface area (Å²) in [6.45, 7) is 0. The van der Waals surface area contributed by atoms with Gasteiger partial charge in [0.25, 0.3) is 0 Å². The van der Waals surface area contributed by atoms with E-state index in [1.807, 2.05) is 12.1 Å². The Bertz CT molecular complexity index is 505. The second-order valence-electron chi connectivity index (χ2n) is 2.66. The molecule has 1 aromatic heterocycles. The predicted octanol–water partition coefficient (Wildman–Crippen LogP) is 1.16. The molecule has 14 heavy (non-hydrogen) atoms. The Labute approximate surface area is 93.2 Å². The Morgan fingerprint density at radius 2 is 2.00 bits per heavy atom. The van der Waals surface area contributed by atoms with E-state index in [2.05, 4.69) is 4.98 Å². The first-order chi connectivity index (χ1) is 6.31. The number of benzene rings is 1. The normalized spacial score (nSPS) is 9.07. The molecule has 3 nitrogen and oxygen atoms in total. The van der Waals surface area contributed by atoms with E-state index in [-0.39, 0.29) is 24.6 Å². The molecule has 0 saturated carbocycles. The predicted molar refractivity (Wildman–Crippen MR) is 55.3 cm³/mol. The molecule has 2 aromatic rings. The first-order valence-corrected chi connectivity index (χ1v) is 3.80. The van der Waals surface area contributed by atoms with E-state index in [1.165, 1.54) is 0 Å². The molecule has 0 aliphatic carbocycles. The van der Waals surface area contributed by atoms with Crippen LogP contribution in [0.4, 0.5) is 0 Å². The van der Waals surface area contributed by atoms with Crippen LogP contribution in [0.1, 0.15) is 5.69 Å². The van der Waals surface area contributed by atoms with Crippen LogP contribution in [0.3, 0.4) is 0 Å². The molecule has 0 unspecified atom stereocenters. The van der Waals surface area contributed by atoms with E-state index in [4.69, 9.17) is 5.26 Å². The summed E-state index contributed by atoms with van der Waals surface area (Å²) in [6.07, 6.45) is 0. The molecule has 1 heterocycles. The van der Waals surface area contributed by atoms with E-state index in [1.54, 1.807) is 24.3 Å². The number of aromatic nitrogens is 1. The third kappa shape index (κ3) is 1.72. The van der Waals surface area contributed by atoms with Crippen molar-refractivity contribution in [3.63, 3.8) is 0 Å². The van der Waals surface area contributed by atoms with Crippen molar-refractivity contribution in [3.05, 3.63) is 36.0 Å². The molecule has 0 radical (unpaired) electrons. The van der Waals surface area contributed by atoms with Gasteiger partial charge in [-0.1, -0.05) is 12.1 Å². The van der Waals surface area contributed by atoms with Crippen LogP contribution < -0.4 is 0 Å². The third-order valence-electron chi connectivity index (χ3n) is 1.81. The topological polar surface area (TPSA) is 56.9 Å². The molecule has 1 aromatic carbocycles. The molecule has 0 spiro atoms. The van der Waals surface area contributed by atoms with Crippen molar-refractivity contribution in [2.45, 2.75) is 0 Å². The van der Waals surface area contributed by atoms with Crippen molar-refractivity contribution >= 4 is 29.8 Å². The molecule has 1 N–H and O–H groups in total. The average Bonchev–Trinajstić information content (AvgIpc) is 2.18. The van der Waals surface area contributed by atoms with Crippen LogP contribution in [0, 0.1) is 11.3 Å². The van der Waals surface area contributed by atoms with Crippen molar-refractivity contribution in [2.75, 3.05) is 0 Å². The number of hydrogen-bond donors (Lipinski definition) is 1. The van der Waals surface area contributed by atoms with E-state index < -0.39 is 0 Å². The molecule has 4 heteroatoms. The van der Waals surface area contributed by atoms with Crippen LogP contribution in [0.2, 0.25) is 0 Å². The van der Waals surface area contributed by atoms with Gasteiger partial charge in [-0.2, -0.15) is 5.26 Å². The zero-order valence-corrected chi connectivity index (χ0v) is 6.73. The third-order valence-corrected chi connectivity index (χ3v) is 1.81. The minimum absolute atomic E-state index is 0. The van der Waals surface area contributed by atoms with Gasteiger partial charge in [-0.25, -0.2) is 4.98 Å². The summed E-state index contributed by atoms with van der Waals surface area (Å²) in [7, 11) is 0. The SMILES string of the molecule is N#Cc1ccc2cccc(O)c2n1.[LiH]. The van der Waals surface area contributed by atoms with Gasteiger partial charge in [0.05, 0.1) is 0 Å². The minimum atomic E-state index is 0. The second-order valence-corrected chi connectivity index (χ2v) is 2.66. The summed E-state index contributed by atoms with van der Waals surface area (Å²) in [5.74, 6) is 0.106. The number of phenolic OH excluding ortho intramolecular Hbond substituents is 1. The monoisotopic (exact) mass is 178 g/mol. The number of phenols is 1. The van der Waals surface area contributed by atoms with Crippen molar-refractivity contribution in [1.82, 2.24) is 4.98 Å². The summed E-state index contributed by atoms with van der Waals surface area (Å²) in [5, 5.41) is 18.8. The first kappa shape index (κ1) is 10.6. The Balaban J connectivity index is 0.000000980. The summed E-state index contributed by atoms with van der Waals surface area (Å²) in [6, 6.07) is 10.4. The van der Waals surface area contributed by atoms with Gasteiger partial charge in [-0.05, 0) is 18.2 Å². The fraction of sp³-hybridized carbons (Fsp3) is 0. The molecule has 0 atom stereocenters. The van der Waals surface area contributed by atoms with Crippen molar-refractivity contribution in [3.8, 4) is 11.8 Å². The summed E-state index contributed by atoms with van der Waals surface area (Å²) < 4.78 is 0. The molecular formula is C10H7LiN2O. The van der Waals surface area contributed by atoms with Crippen molar-refractivity contribution < 1.29 is 5.11 Å². The van der Waals surface area contributed by atoms with Crippen LogP contribution in [-0.2, 0) is 0 Å². The maximum atomic E-state index is 9.42. The summed E-state index contributed by atoms with van der Waals surface area (Å²) in [4.78, 5) is 3.98. The molecule has 0 saturated heterocycles. The maximum absolute atomic E-state index is 9.42. The number of hydrogen-bond acceptors (Lipinski definition) is 3. The Kier molecular flexibility index (Phi) is 3.14. The molecule has 64 valence electrons. The van der Waals surface area contributed by atoms with Gasteiger partial charge < -0.3 is 5.11 Å². The Morgan fingerprint density at radius 3 is 2.71 bits per heavy atom. The average molecular weight is 178 g/mol. The van der Waals surface area contributed by atoms with Gasteiger partial charge >= 0.3 is 18.9 Å². The molecule has 0 amide bonds. The van der Waals surface area contributed by atoms with Gasteiger partial charge in [-0.15, -0.1) is 0 Å². The van der Waals surface area contributed by atoms with Gasteiger partial charge in [0.1, 0.15) is 23.0 Å². The fourth-order valence-electron chi connectivity index (χ4n) is 1.19. The van der Waals surface area contributed by atoms with E-state index in [0.29, 0.717) is 11.2 Å². The molecular weight excluding hydrogens is 171 g/mol. The van der Waals surface area contributed by atoms with Crippen LogP contribution in [0.15, 0.2) is 30.3 Å². The standard InChI is InChI=1S/C10H6N2O.Li.H/c11-6-8-5-4-7-2-1-3-9(13)10(7)12-8;;/h1-5,13H;;. The molecule has 0 aliphatic heterocycles. The van der Waals surface area contributed by atoms with Crippen LogP contribution in [0.5, 0.6) is 5.75 Å². The summed E-state index contributed by atoms with van der Waals surface area (Å²) in [5.41, 5.74) is 0.788. The van der Waals surface area contributed by atoms with Gasteiger partial charge in [0.2, 0.25) is 0 Å². The molecule has 0 aliphatic rings. The van der Waals surface area contributed by atoms with E-state index in [0.717, 1.165) is 5.39 Å². The van der Waals surface area contributed by atoms with E-state index in [9.17, 15) is 5.11 Å². The summed E-state index contributed by atoms with van der Waals surface area (Å²) >= 11 is 0. The fourth-order valence-corrected chi connectivity index (χ4v) is 1.19. The number of aromatic hydroxyl groups is 1. The number of nitrogens with zero attached hydrogens (tertiary/aromatic N) is 2. The van der Waals surface area contributed by atoms with Crippen LogP contribution >= 0.6 is 0 Å². The Morgan fingerprint density at radius 1 is 1.21 bits per heavy atom. The van der Waals surface area contributed by atoms with Gasteiger partial charge in [-0.3, -0.25) is 0 Å². The van der Waals surface area contributed by atoms with Gasteiger partial charge in [0, 0.05) is 5.39 Å². The van der Waals surface area contributed by atoms with E-state index >= 15 is 0 Å². The zero-order chi connectivity index (χ0) is 9.26. The molecule has 0 bridgehead atoms. The second kappa shape index (κ2) is 4.15. The van der Waals surface area contributed by atoms with Crippen LogP contribution in [-0.4, -0.2) is 29.0 Å². The molecule has 2 rings (SSSR count). The molecule has 0 fully saturated rings. The van der Waals surface area contributed by atoms with Crippen molar-refractivity contribution in [2.24, 2.45) is 0 Å².